The number of hydrogen-bond donors (Lipinski definition) is 1. The van der Waals surface area contributed by atoms with Crippen molar-refractivity contribution < 1.29 is 9.59 Å². The summed E-state index contributed by atoms with van der Waals surface area (Å²) in [6, 6.07) is 18.4. The third kappa shape index (κ3) is 2.14. The van der Waals surface area contributed by atoms with Crippen molar-refractivity contribution in [3.63, 3.8) is 0 Å². The molecule has 2 aromatic rings. The molecule has 1 spiro atoms. The monoisotopic (exact) mass is 346 g/mol. The summed E-state index contributed by atoms with van der Waals surface area (Å²) < 4.78 is 0. The second-order valence-electron chi connectivity index (χ2n) is 7.78. The fourth-order valence-corrected chi connectivity index (χ4v) is 5.31. The Hall–Kier alpha value is -2.62. The van der Waals surface area contributed by atoms with Crippen molar-refractivity contribution in [2.45, 2.75) is 37.3 Å². The van der Waals surface area contributed by atoms with Crippen LogP contribution in [0.4, 0.5) is 5.69 Å². The number of anilines is 1. The summed E-state index contributed by atoms with van der Waals surface area (Å²) in [5.74, 6) is 0.0878. The molecule has 1 aliphatic carbocycles. The van der Waals surface area contributed by atoms with Gasteiger partial charge in [0.05, 0.1) is 5.92 Å². The first-order valence-electron chi connectivity index (χ1n) is 9.39. The van der Waals surface area contributed by atoms with Gasteiger partial charge in [-0.2, -0.15) is 0 Å². The third-order valence-corrected chi connectivity index (χ3v) is 6.49. The lowest BCUT2D eigenvalue weighted by atomic mass is 9.57. The number of ketones is 1. The number of benzene rings is 2. The summed E-state index contributed by atoms with van der Waals surface area (Å²) in [6.07, 6.45) is 1.81. The molecule has 0 unspecified atom stereocenters. The van der Waals surface area contributed by atoms with E-state index in [1.165, 1.54) is 5.56 Å². The van der Waals surface area contributed by atoms with E-state index < -0.39 is 0 Å². The predicted octanol–water partition coefficient (Wildman–Crippen LogP) is 3.13. The van der Waals surface area contributed by atoms with Gasteiger partial charge in [-0.25, -0.2) is 0 Å². The number of fused-ring (bicyclic) bond motifs is 1. The van der Waals surface area contributed by atoms with E-state index in [0.717, 1.165) is 24.2 Å². The van der Waals surface area contributed by atoms with Crippen LogP contribution in [0.1, 0.15) is 30.4 Å². The standard InChI is InChI=1S/C22H22N2O2/c25-16-12-18-21(26)24(14-15-6-2-1-3-7-15)11-10-22(18)17-8-4-5-9-19(17)23-20(22)13-16/h1-9,18,20,23H,10-14H2/t18-,20-,22+/m1/s1. The van der Waals surface area contributed by atoms with Crippen molar-refractivity contribution >= 4 is 17.4 Å². The van der Waals surface area contributed by atoms with Gasteiger partial charge in [0.2, 0.25) is 5.91 Å². The molecule has 0 aromatic heterocycles. The molecule has 3 atom stereocenters. The van der Waals surface area contributed by atoms with Gasteiger partial charge in [0.1, 0.15) is 5.78 Å². The average Bonchev–Trinajstić information content (AvgIpc) is 2.97. The summed E-state index contributed by atoms with van der Waals surface area (Å²) in [5, 5.41) is 3.55. The second-order valence-corrected chi connectivity index (χ2v) is 7.78. The van der Waals surface area contributed by atoms with E-state index in [-0.39, 0.29) is 29.1 Å². The van der Waals surface area contributed by atoms with E-state index in [1.807, 2.05) is 35.2 Å². The molecule has 2 fully saturated rings. The van der Waals surface area contributed by atoms with Crippen molar-refractivity contribution in [2.24, 2.45) is 5.92 Å². The van der Waals surface area contributed by atoms with Gasteiger partial charge in [-0.3, -0.25) is 9.59 Å². The van der Waals surface area contributed by atoms with Crippen LogP contribution in [0, 0.1) is 5.92 Å². The van der Waals surface area contributed by atoms with Gasteiger partial charge in [-0.15, -0.1) is 0 Å². The summed E-state index contributed by atoms with van der Waals surface area (Å²) in [7, 11) is 0. The lowest BCUT2D eigenvalue weighted by Crippen LogP contribution is -2.61. The molecule has 2 heterocycles. The maximum Gasteiger partial charge on any atom is 0.227 e. The highest BCUT2D eigenvalue weighted by Crippen LogP contribution is 2.55. The number of para-hydroxylation sites is 1. The van der Waals surface area contributed by atoms with Gasteiger partial charge in [-0.05, 0) is 23.6 Å². The van der Waals surface area contributed by atoms with Crippen molar-refractivity contribution in [1.82, 2.24) is 4.90 Å². The van der Waals surface area contributed by atoms with E-state index in [0.29, 0.717) is 19.4 Å². The zero-order valence-corrected chi connectivity index (χ0v) is 14.7. The third-order valence-electron chi connectivity index (χ3n) is 6.49. The molecule has 132 valence electrons. The predicted molar refractivity (Wildman–Crippen MR) is 99.7 cm³/mol. The molecule has 0 radical (unpaired) electrons. The molecule has 4 nitrogen and oxygen atoms in total. The summed E-state index contributed by atoms with van der Waals surface area (Å²) in [4.78, 5) is 27.8. The molecule has 4 heteroatoms. The SMILES string of the molecule is O=C1C[C@@H]2C(=O)N(Cc3ccccc3)CC[C@]23c2ccccc2N[C@@H]3C1. The first-order valence-corrected chi connectivity index (χ1v) is 9.39. The Kier molecular flexibility index (Phi) is 3.42. The molecule has 26 heavy (non-hydrogen) atoms. The van der Waals surface area contributed by atoms with E-state index in [9.17, 15) is 9.59 Å². The number of likely N-dealkylation sites (tertiary alicyclic amines) is 1. The number of hydrogen-bond acceptors (Lipinski definition) is 3. The summed E-state index contributed by atoms with van der Waals surface area (Å²) in [5.41, 5.74) is 3.24. The Labute approximate surface area is 153 Å². The number of amides is 1. The smallest absolute Gasteiger partial charge is 0.227 e. The van der Waals surface area contributed by atoms with Gasteiger partial charge < -0.3 is 10.2 Å². The highest BCUT2D eigenvalue weighted by molar-refractivity contribution is 5.93. The zero-order valence-electron chi connectivity index (χ0n) is 14.7. The van der Waals surface area contributed by atoms with Crippen LogP contribution in [0.2, 0.25) is 0 Å². The van der Waals surface area contributed by atoms with Gasteiger partial charge in [-0.1, -0.05) is 48.5 Å². The summed E-state index contributed by atoms with van der Waals surface area (Å²) >= 11 is 0. The minimum Gasteiger partial charge on any atom is -0.381 e. The van der Waals surface area contributed by atoms with E-state index in [1.54, 1.807) is 0 Å². The number of carbonyl (C=O) groups excluding carboxylic acids is 2. The van der Waals surface area contributed by atoms with Crippen LogP contribution in [0.5, 0.6) is 0 Å². The molecule has 0 bridgehead atoms. The lowest BCUT2D eigenvalue weighted by molar-refractivity contribution is -0.149. The van der Waals surface area contributed by atoms with Crippen LogP contribution < -0.4 is 5.32 Å². The summed E-state index contributed by atoms with van der Waals surface area (Å²) in [6.45, 7) is 1.37. The zero-order chi connectivity index (χ0) is 17.7. The van der Waals surface area contributed by atoms with Crippen LogP contribution in [0.3, 0.4) is 0 Å². The Morgan fingerprint density at radius 1 is 1.00 bits per heavy atom. The quantitative estimate of drug-likeness (QED) is 0.909. The van der Waals surface area contributed by atoms with E-state index in [2.05, 4.69) is 29.6 Å². The number of nitrogens with one attached hydrogen (secondary N) is 1. The molecule has 1 saturated heterocycles. The number of piperidine rings is 1. The first kappa shape index (κ1) is 15.6. The number of nitrogens with zero attached hydrogens (tertiary/aromatic N) is 1. The second kappa shape index (κ2) is 5.70. The Morgan fingerprint density at radius 3 is 2.62 bits per heavy atom. The highest BCUT2D eigenvalue weighted by atomic mass is 16.2. The van der Waals surface area contributed by atoms with Crippen molar-refractivity contribution in [3.8, 4) is 0 Å². The van der Waals surface area contributed by atoms with Crippen LogP contribution in [-0.2, 0) is 21.5 Å². The Bertz CT molecular complexity index is 879. The molecule has 2 aromatic carbocycles. The normalized spacial score (nSPS) is 29.6. The van der Waals surface area contributed by atoms with Gasteiger partial charge in [0.15, 0.2) is 0 Å². The fraction of sp³-hybridized carbons (Fsp3) is 0.364. The number of Topliss-reactive ketones (excluding diaryl/α,β-unsaturated/α-hetero) is 1. The van der Waals surface area contributed by atoms with Crippen LogP contribution >= 0.6 is 0 Å². The largest absolute Gasteiger partial charge is 0.381 e. The minimum absolute atomic E-state index is 0.0500. The first-order chi connectivity index (χ1) is 12.7. The van der Waals surface area contributed by atoms with E-state index in [4.69, 9.17) is 0 Å². The molecule has 3 aliphatic rings. The lowest BCUT2D eigenvalue weighted by Gasteiger charge is -2.50. The molecule has 2 aliphatic heterocycles. The molecule has 5 rings (SSSR count). The van der Waals surface area contributed by atoms with E-state index >= 15 is 0 Å². The maximum absolute atomic E-state index is 13.4. The average molecular weight is 346 g/mol. The Balaban J connectivity index is 1.52. The van der Waals surface area contributed by atoms with Crippen molar-refractivity contribution in [1.29, 1.82) is 0 Å². The van der Waals surface area contributed by atoms with Crippen LogP contribution in [-0.4, -0.2) is 29.2 Å². The van der Waals surface area contributed by atoms with Crippen molar-refractivity contribution in [2.75, 3.05) is 11.9 Å². The van der Waals surface area contributed by atoms with Gasteiger partial charge in [0.25, 0.3) is 0 Å². The molecule has 1 amide bonds. The fourth-order valence-electron chi connectivity index (χ4n) is 5.31. The van der Waals surface area contributed by atoms with Gasteiger partial charge in [0, 0.05) is 43.1 Å². The van der Waals surface area contributed by atoms with Crippen molar-refractivity contribution in [3.05, 3.63) is 65.7 Å². The van der Waals surface area contributed by atoms with Gasteiger partial charge >= 0.3 is 0 Å². The number of carbonyl (C=O) groups is 2. The molecule has 1 N–H and O–H groups in total. The van der Waals surface area contributed by atoms with Crippen LogP contribution in [0.25, 0.3) is 0 Å². The maximum atomic E-state index is 13.4. The minimum atomic E-state index is -0.248. The number of rotatable bonds is 2. The topological polar surface area (TPSA) is 49.4 Å². The Morgan fingerprint density at radius 2 is 1.77 bits per heavy atom. The molecule has 1 saturated carbocycles. The molecular formula is C22H22N2O2. The van der Waals surface area contributed by atoms with Crippen LogP contribution in [0.15, 0.2) is 54.6 Å². The highest BCUT2D eigenvalue weighted by Gasteiger charge is 2.60. The molecular weight excluding hydrogens is 324 g/mol.